The molecule has 0 fully saturated rings. The molecule has 0 aliphatic heterocycles. The van der Waals surface area contributed by atoms with Crippen molar-refractivity contribution in [1.82, 2.24) is 9.13 Å². The maximum Gasteiger partial charge on any atom is 0.104 e. The number of hydrogen-bond donors (Lipinski definition) is 0. The van der Waals surface area contributed by atoms with Crippen molar-refractivity contribution in [2.75, 3.05) is 0 Å². The van der Waals surface area contributed by atoms with Crippen molar-refractivity contribution >= 4 is 43.6 Å². The lowest BCUT2D eigenvalue weighted by Crippen LogP contribution is -2.07. The first kappa shape index (κ1) is 27.4. The van der Waals surface area contributed by atoms with Gasteiger partial charge in [0.15, 0.2) is 0 Å². The zero-order valence-corrected chi connectivity index (χ0v) is 26.2. The van der Waals surface area contributed by atoms with Gasteiger partial charge in [0.05, 0.1) is 45.1 Å². The zero-order chi connectivity index (χ0) is 31.7. The van der Waals surface area contributed by atoms with Gasteiger partial charge < -0.3 is 9.13 Å². The summed E-state index contributed by atoms with van der Waals surface area (Å²) in [6, 6.07) is 42.6. The second kappa shape index (κ2) is 10.2. The van der Waals surface area contributed by atoms with Crippen molar-refractivity contribution in [3.8, 4) is 34.6 Å². The van der Waals surface area contributed by atoms with E-state index in [1.807, 2.05) is 24.3 Å². The molecule has 6 aromatic carbocycles. The van der Waals surface area contributed by atoms with Crippen LogP contribution in [0.1, 0.15) is 33.4 Å². The Morgan fingerprint density at radius 2 is 0.826 bits per heavy atom. The molecule has 4 nitrogen and oxygen atoms in total. The minimum absolute atomic E-state index is 0.593. The molecule has 4 heteroatoms. The van der Waals surface area contributed by atoms with Gasteiger partial charge in [-0.1, -0.05) is 84.9 Å². The lowest BCUT2D eigenvalue weighted by Gasteiger charge is -2.20. The predicted octanol–water partition coefficient (Wildman–Crippen LogP) is 10.5. The van der Waals surface area contributed by atoms with E-state index in [1.165, 1.54) is 0 Å². The fraction of sp³-hybridized carbons (Fsp3) is 0.0952. The third kappa shape index (κ3) is 3.84. The molecule has 0 saturated carbocycles. The first-order valence-corrected chi connectivity index (χ1v) is 15.5. The predicted molar refractivity (Wildman–Crippen MR) is 189 cm³/mol. The molecule has 8 rings (SSSR count). The van der Waals surface area contributed by atoms with Gasteiger partial charge in [0.2, 0.25) is 0 Å². The molecule has 0 amide bonds. The zero-order valence-electron chi connectivity index (χ0n) is 26.2. The number of fused-ring (bicyclic) bond motifs is 6. The van der Waals surface area contributed by atoms with Gasteiger partial charge in [-0.3, -0.25) is 0 Å². The monoisotopic (exact) mass is 590 g/mol. The molecule has 0 aliphatic rings. The molecule has 218 valence electrons. The van der Waals surface area contributed by atoms with Gasteiger partial charge in [-0.15, -0.1) is 0 Å². The normalized spacial score (nSPS) is 11.4. The number of para-hydroxylation sites is 4. The summed E-state index contributed by atoms with van der Waals surface area (Å²) in [5.41, 5.74) is 13.6. The van der Waals surface area contributed by atoms with Crippen LogP contribution in [0.15, 0.2) is 109 Å². The van der Waals surface area contributed by atoms with Crippen LogP contribution in [0, 0.1) is 50.4 Å². The van der Waals surface area contributed by atoms with E-state index in [9.17, 15) is 10.5 Å². The molecule has 2 aromatic heterocycles. The van der Waals surface area contributed by atoms with Gasteiger partial charge in [-0.25, -0.2) is 0 Å². The fourth-order valence-electron chi connectivity index (χ4n) is 7.41. The van der Waals surface area contributed by atoms with Crippen LogP contribution in [0.4, 0.5) is 0 Å². The van der Waals surface area contributed by atoms with Crippen LogP contribution in [-0.4, -0.2) is 9.13 Å². The Balaban J connectivity index is 1.62. The Bertz CT molecular complexity index is 2390. The van der Waals surface area contributed by atoms with Crippen molar-refractivity contribution in [2.24, 2.45) is 0 Å². The second-order valence-corrected chi connectivity index (χ2v) is 12.2. The smallest absolute Gasteiger partial charge is 0.104 e. The molecule has 0 unspecified atom stereocenters. The molecule has 0 N–H and O–H groups in total. The van der Waals surface area contributed by atoms with Gasteiger partial charge in [0.1, 0.15) is 11.6 Å². The Morgan fingerprint density at radius 3 is 1.20 bits per heavy atom. The average molecular weight is 591 g/mol. The first-order valence-electron chi connectivity index (χ1n) is 15.5. The standard InChI is InChI=1S/C42H30N4/c1-25-10-5-16-32-33-17-6-11-26(2)40(33)45(39(25)32)37-21-31(30-15-9-14-29(20-30)23-43)22-38(36(37)24-44)46-41-27(3)12-7-18-34(41)35-19-8-13-28(4)42(35)46/h5-22H,1-4H3. The van der Waals surface area contributed by atoms with E-state index in [2.05, 4.69) is 134 Å². The maximum atomic E-state index is 11.2. The van der Waals surface area contributed by atoms with E-state index in [1.54, 1.807) is 0 Å². The Kier molecular flexibility index (Phi) is 6.11. The number of aryl methyl sites for hydroxylation is 4. The van der Waals surface area contributed by atoms with Gasteiger partial charge >= 0.3 is 0 Å². The summed E-state index contributed by atoms with van der Waals surface area (Å²) in [5.74, 6) is 0. The quantitative estimate of drug-likeness (QED) is 0.206. The molecule has 8 aromatic rings. The summed E-state index contributed by atoms with van der Waals surface area (Å²) in [6.45, 7) is 8.56. The van der Waals surface area contributed by atoms with Crippen LogP contribution >= 0.6 is 0 Å². The molecule has 0 atom stereocenters. The number of nitriles is 2. The third-order valence-corrected chi connectivity index (χ3v) is 9.44. The highest BCUT2D eigenvalue weighted by atomic mass is 15.0. The summed E-state index contributed by atoms with van der Waals surface area (Å²) in [7, 11) is 0. The molecule has 0 spiro atoms. The molecular formula is C42H30N4. The highest BCUT2D eigenvalue weighted by molar-refractivity contribution is 6.13. The van der Waals surface area contributed by atoms with Gasteiger partial charge in [0.25, 0.3) is 0 Å². The molecule has 46 heavy (non-hydrogen) atoms. The van der Waals surface area contributed by atoms with Crippen molar-refractivity contribution in [3.05, 3.63) is 143 Å². The van der Waals surface area contributed by atoms with E-state index in [0.29, 0.717) is 11.1 Å². The molecule has 0 aliphatic carbocycles. The first-order chi connectivity index (χ1) is 22.4. The van der Waals surface area contributed by atoms with E-state index in [4.69, 9.17) is 0 Å². The minimum Gasteiger partial charge on any atom is -0.307 e. The molecule has 0 saturated heterocycles. The number of nitrogens with zero attached hydrogens (tertiary/aromatic N) is 4. The molecular weight excluding hydrogens is 560 g/mol. The maximum absolute atomic E-state index is 11.2. The minimum atomic E-state index is 0.593. The average Bonchev–Trinajstić information content (AvgIpc) is 3.61. The molecule has 0 bridgehead atoms. The summed E-state index contributed by atoms with van der Waals surface area (Å²) in [5, 5.41) is 25.6. The summed E-state index contributed by atoms with van der Waals surface area (Å²) in [4.78, 5) is 0. The summed E-state index contributed by atoms with van der Waals surface area (Å²) >= 11 is 0. The Morgan fingerprint density at radius 1 is 0.435 bits per heavy atom. The van der Waals surface area contributed by atoms with Crippen molar-refractivity contribution in [1.29, 1.82) is 10.5 Å². The summed E-state index contributed by atoms with van der Waals surface area (Å²) in [6.07, 6.45) is 0. The van der Waals surface area contributed by atoms with Crippen molar-refractivity contribution in [3.63, 3.8) is 0 Å². The van der Waals surface area contributed by atoms with E-state index in [0.717, 1.165) is 88.4 Å². The Hall–Kier alpha value is -6.10. The van der Waals surface area contributed by atoms with E-state index >= 15 is 0 Å². The molecule has 0 radical (unpaired) electrons. The van der Waals surface area contributed by atoms with Crippen molar-refractivity contribution < 1.29 is 0 Å². The van der Waals surface area contributed by atoms with Crippen LogP contribution in [0.5, 0.6) is 0 Å². The fourth-order valence-corrected chi connectivity index (χ4v) is 7.41. The summed E-state index contributed by atoms with van der Waals surface area (Å²) < 4.78 is 4.59. The van der Waals surface area contributed by atoms with Crippen molar-refractivity contribution in [2.45, 2.75) is 27.7 Å². The van der Waals surface area contributed by atoms with Crippen LogP contribution in [0.25, 0.3) is 66.1 Å². The highest BCUT2D eigenvalue weighted by Gasteiger charge is 2.24. The number of rotatable bonds is 3. The SMILES string of the molecule is Cc1cccc2c3cccc(C)c3n(-c3cc(-c4cccc(C#N)c4)cc(-n4c5c(C)cccc5c5cccc(C)c54)c3C#N)c12. The van der Waals surface area contributed by atoms with E-state index in [-0.39, 0.29) is 0 Å². The molecule has 2 heterocycles. The lowest BCUT2D eigenvalue weighted by atomic mass is 9.98. The van der Waals surface area contributed by atoms with Crippen LogP contribution in [-0.2, 0) is 0 Å². The number of aromatic nitrogens is 2. The highest BCUT2D eigenvalue weighted by Crippen LogP contribution is 2.42. The van der Waals surface area contributed by atoms with Gasteiger partial charge in [-0.2, -0.15) is 10.5 Å². The third-order valence-electron chi connectivity index (χ3n) is 9.44. The Labute approximate surface area is 267 Å². The van der Waals surface area contributed by atoms with Crippen LogP contribution in [0.2, 0.25) is 0 Å². The largest absolute Gasteiger partial charge is 0.307 e. The second-order valence-electron chi connectivity index (χ2n) is 12.2. The van der Waals surface area contributed by atoms with Crippen LogP contribution < -0.4 is 0 Å². The van der Waals surface area contributed by atoms with Gasteiger partial charge in [0, 0.05) is 21.5 Å². The number of hydrogen-bond acceptors (Lipinski definition) is 2. The number of benzene rings is 6. The lowest BCUT2D eigenvalue weighted by molar-refractivity contribution is 1.10. The van der Waals surface area contributed by atoms with E-state index < -0.39 is 0 Å². The van der Waals surface area contributed by atoms with Crippen LogP contribution in [0.3, 0.4) is 0 Å². The topological polar surface area (TPSA) is 57.4 Å². The van der Waals surface area contributed by atoms with Gasteiger partial charge in [-0.05, 0) is 85.3 Å².